The van der Waals surface area contributed by atoms with E-state index in [1.807, 2.05) is 12.1 Å². The van der Waals surface area contributed by atoms with Crippen LogP contribution < -0.4 is 0 Å². The Morgan fingerprint density at radius 1 is 0.913 bits per heavy atom. The molecule has 0 saturated carbocycles. The van der Waals surface area contributed by atoms with Gasteiger partial charge in [0.05, 0.1) is 5.56 Å². The Labute approximate surface area is 134 Å². The number of ether oxygens (including phenoxy) is 1. The molecule has 3 nitrogen and oxygen atoms in total. The van der Waals surface area contributed by atoms with Crippen LogP contribution in [0.1, 0.15) is 44.7 Å². The van der Waals surface area contributed by atoms with Crippen LogP contribution in [0.4, 0.5) is 4.39 Å². The fraction of sp³-hybridized carbons (Fsp3) is 0.263. The molecular formula is C19H17FO3. The largest absolute Gasteiger partial charge is 0.454 e. The second-order valence-electron chi connectivity index (χ2n) is 5.70. The molecule has 0 radical (unpaired) electrons. The van der Waals surface area contributed by atoms with Gasteiger partial charge in [-0.05, 0) is 73.2 Å². The Kier molecular flexibility index (Phi) is 4.51. The van der Waals surface area contributed by atoms with Crippen molar-refractivity contribution in [3.05, 3.63) is 70.5 Å². The minimum atomic E-state index is -0.506. The van der Waals surface area contributed by atoms with Crippen molar-refractivity contribution in [1.29, 1.82) is 0 Å². The number of hydrogen-bond acceptors (Lipinski definition) is 3. The lowest BCUT2D eigenvalue weighted by Gasteiger charge is -2.16. The molecule has 1 aliphatic rings. The Morgan fingerprint density at radius 2 is 1.57 bits per heavy atom. The van der Waals surface area contributed by atoms with Crippen molar-refractivity contribution in [2.75, 3.05) is 6.61 Å². The SMILES string of the molecule is O=C(COC(=O)c1ccc2c(c1)CCCC2)c1ccc(F)cc1. The van der Waals surface area contributed by atoms with Gasteiger partial charge in [0.1, 0.15) is 5.82 Å². The minimum Gasteiger partial charge on any atom is -0.454 e. The number of aryl methyl sites for hydroxylation is 2. The van der Waals surface area contributed by atoms with E-state index in [-0.39, 0.29) is 12.4 Å². The molecule has 0 heterocycles. The maximum absolute atomic E-state index is 12.8. The van der Waals surface area contributed by atoms with Gasteiger partial charge in [-0.3, -0.25) is 4.79 Å². The summed E-state index contributed by atoms with van der Waals surface area (Å²) < 4.78 is 17.9. The van der Waals surface area contributed by atoms with Crippen LogP contribution in [-0.4, -0.2) is 18.4 Å². The molecule has 2 aromatic carbocycles. The average molecular weight is 312 g/mol. The smallest absolute Gasteiger partial charge is 0.338 e. The molecule has 2 aromatic rings. The second-order valence-corrected chi connectivity index (χ2v) is 5.70. The topological polar surface area (TPSA) is 43.4 Å². The van der Waals surface area contributed by atoms with Gasteiger partial charge in [-0.1, -0.05) is 6.07 Å². The Hall–Kier alpha value is -2.49. The van der Waals surface area contributed by atoms with Gasteiger partial charge in [-0.2, -0.15) is 0 Å². The molecule has 0 bridgehead atoms. The van der Waals surface area contributed by atoms with Crippen molar-refractivity contribution in [2.45, 2.75) is 25.7 Å². The van der Waals surface area contributed by atoms with Crippen LogP contribution in [0.3, 0.4) is 0 Å². The number of hydrogen-bond donors (Lipinski definition) is 0. The first-order valence-corrected chi connectivity index (χ1v) is 7.71. The zero-order chi connectivity index (χ0) is 16.2. The number of carbonyl (C=O) groups is 2. The van der Waals surface area contributed by atoms with Crippen molar-refractivity contribution in [2.24, 2.45) is 0 Å². The zero-order valence-corrected chi connectivity index (χ0v) is 12.7. The van der Waals surface area contributed by atoms with E-state index in [4.69, 9.17) is 4.74 Å². The highest BCUT2D eigenvalue weighted by Crippen LogP contribution is 2.22. The van der Waals surface area contributed by atoms with Crippen LogP contribution in [0.5, 0.6) is 0 Å². The molecule has 3 rings (SSSR count). The van der Waals surface area contributed by atoms with E-state index in [9.17, 15) is 14.0 Å². The van der Waals surface area contributed by atoms with E-state index < -0.39 is 11.8 Å². The molecule has 0 amide bonds. The van der Waals surface area contributed by atoms with Gasteiger partial charge in [0, 0.05) is 5.56 Å². The molecule has 0 aliphatic heterocycles. The first-order chi connectivity index (χ1) is 11.1. The molecule has 1 aliphatic carbocycles. The van der Waals surface area contributed by atoms with Gasteiger partial charge < -0.3 is 4.74 Å². The normalized spacial score (nSPS) is 13.3. The number of ketones is 1. The van der Waals surface area contributed by atoms with E-state index in [1.54, 1.807) is 6.07 Å². The first kappa shape index (κ1) is 15.4. The number of Topliss-reactive ketones (excluding diaryl/α,β-unsaturated/α-hetero) is 1. The van der Waals surface area contributed by atoms with E-state index in [2.05, 4.69) is 0 Å². The van der Waals surface area contributed by atoms with Crippen molar-refractivity contribution in [3.8, 4) is 0 Å². The van der Waals surface area contributed by atoms with Gasteiger partial charge in [-0.25, -0.2) is 9.18 Å². The summed E-state index contributed by atoms with van der Waals surface area (Å²) in [5.41, 5.74) is 3.27. The number of benzene rings is 2. The van der Waals surface area contributed by atoms with E-state index >= 15 is 0 Å². The van der Waals surface area contributed by atoms with E-state index in [0.29, 0.717) is 11.1 Å². The summed E-state index contributed by atoms with van der Waals surface area (Å²) in [5.74, 6) is -1.27. The third-order valence-corrected chi connectivity index (χ3v) is 4.08. The highest BCUT2D eigenvalue weighted by molar-refractivity contribution is 5.99. The fourth-order valence-electron chi connectivity index (χ4n) is 2.79. The monoisotopic (exact) mass is 312 g/mol. The predicted octanol–water partition coefficient (Wildman–Crippen LogP) is 3.74. The molecule has 23 heavy (non-hydrogen) atoms. The van der Waals surface area contributed by atoms with Crippen LogP contribution in [0.15, 0.2) is 42.5 Å². The van der Waals surface area contributed by atoms with Crippen LogP contribution in [0, 0.1) is 5.82 Å². The van der Waals surface area contributed by atoms with Crippen LogP contribution in [-0.2, 0) is 17.6 Å². The average Bonchev–Trinajstić information content (AvgIpc) is 2.59. The summed E-state index contributed by atoms with van der Waals surface area (Å²) >= 11 is 0. The maximum Gasteiger partial charge on any atom is 0.338 e. The lowest BCUT2D eigenvalue weighted by molar-refractivity contribution is 0.0474. The van der Waals surface area contributed by atoms with Crippen LogP contribution in [0.25, 0.3) is 0 Å². The van der Waals surface area contributed by atoms with Gasteiger partial charge in [0.25, 0.3) is 0 Å². The quantitative estimate of drug-likeness (QED) is 0.638. The second kappa shape index (κ2) is 6.73. The van der Waals surface area contributed by atoms with Gasteiger partial charge in [0.15, 0.2) is 12.4 Å². The van der Waals surface area contributed by atoms with Crippen LogP contribution >= 0.6 is 0 Å². The molecule has 0 unspecified atom stereocenters. The van der Waals surface area contributed by atoms with Crippen molar-refractivity contribution < 1.29 is 18.7 Å². The van der Waals surface area contributed by atoms with E-state index in [0.717, 1.165) is 19.3 Å². The summed E-state index contributed by atoms with van der Waals surface area (Å²) in [5, 5.41) is 0. The summed E-state index contributed by atoms with van der Waals surface area (Å²) in [6.45, 7) is -0.346. The highest BCUT2D eigenvalue weighted by Gasteiger charge is 2.15. The summed E-state index contributed by atoms with van der Waals surface area (Å²) in [7, 11) is 0. The number of halogens is 1. The molecule has 118 valence electrons. The van der Waals surface area contributed by atoms with E-state index in [1.165, 1.54) is 41.8 Å². The molecule has 0 atom stereocenters. The Bertz CT molecular complexity index is 735. The molecule has 0 fully saturated rings. The van der Waals surface area contributed by atoms with Gasteiger partial charge in [0.2, 0.25) is 0 Å². The van der Waals surface area contributed by atoms with Crippen molar-refractivity contribution in [3.63, 3.8) is 0 Å². The van der Waals surface area contributed by atoms with Gasteiger partial charge in [-0.15, -0.1) is 0 Å². The van der Waals surface area contributed by atoms with Crippen LogP contribution in [0.2, 0.25) is 0 Å². The Balaban J connectivity index is 1.63. The first-order valence-electron chi connectivity index (χ1n) is 7.71. The molecule has 4 heteroatoms. The summed E-state index contributed by atoms with van der Waals surface area (Å²) in [4.78, 5) is 24.0. The van der Waals surface area contributed by atoms with Crippen molar-refractivity contribution >= 4 is 11.8 Å². The predicted molar refractivity (Wildman–Crippen MR) is 84.1 cm³/mol. The lowest BCUT2D eigenvalue weighted by Crippen LogP contribution is -2.15. The zero-order valence-electron chi connectivity index (χ0n) is 12.7. The lowest BCUT2D eigenvalue weighted by atomic mass is 9.90. The van der Waals surface area contributed by atoms with Crippen molar-refractivity contribution in [1.82, 2.24) is 0 Å². The number of carbonyl (C=O) groups excluding carboxylic acids is 2. The van der Waals surface area contributed by atoms with Gasteiger partial charge >= 0.3 is 5.97 Å². The molecule has 0 N–H and O–H groups in total. The fourth-order valence-corrected chi connectivity index (χ4v) is 2.79. The number of fused-ring (bicyclic) bond motifs is 1. The standard InChI is InChI=1S/C19H17FO3/c20-17-9-7-14(8-10-17)18(21)12-23-19(22)16-6-5-13-3-1-2-4-15(13)11-16/h5-11H,1-4,12H2. The highest BCUT2D eigenvalue weighted by atomic mass is 19.1. The minimum absolute atomic E-state index is 0.324. The number of rotatable bonds is 4. The summed E-state index contributed by atoms with van der Waals surface area (Å²) in [6, 6.07) is 10.7. The molecule has 0 saturated heterocycles. The summed E-state index contributed by atoms with van der Waals surface area (Å²) in [6.07, 6.45) is 4.34. The maximum atomic E-state index is 12.8. The number of esters is 1. The molecular weight excluding hydrogens is 295 g/mol. The third-order valence-electron chi connectivity index (χ3n) is 4.08. The molecule has 0 aromatic heterocycles. The third kappa shape index (κ3) is 3.65. The molecule has 0 spiro atoms. The Morgan fingerprint density at radius 3 is 2.30 bits per heavy atom.